The highest BCUT2D eigenvalue weighted by Crippen LogP contribution is 2.22. The van der Waals surface area contributed by atoms with Crippen LogP contribution >= 0.6 is 0 Å². The summed E-state index contributed by atoms with van der Waals surface area (Å²) in [5.41, 5.74) is 3.88. The predicted molar refractivity (Wildman–Crippen MR) is 112 cm³/mol. The van der Waals surface area contributed by atoms with Crippen molar-refractivity contribution in [2.24, 2.45) is 0 Å². The van der Waals surface area contributed by atoms with Gasteiger partial charge >= 0.3 is 0 Å². The van der Waals surface area contributed by atoms with Gasteiger partial charge in [0.1, 0.15) is 0 Å². The molecule has 3 rings (SSSR count). The fourth-order valence-electron chi connectivity index (χ4n) is 2.86. The van der Waals surface area contributed by atoms with Gasteiger partial charge in [-0.2, -0.15) is 0 Å². The van der Waals surface area contributed by atoms with Crippen molar-refractivity contribution in [2.75, 3.05) is 10.0 Å². The summed E-state index contributed by atoms with van der Waals surface area (Å²) in [6.45, 7) is 5.49. The smallest absolute Gasteiger partial charge is 0.262 e. The minimum absolute atomic E-state index is 0.0754. The van der Waals surface area contributed by atoms with Crippen LogP contribution in [0.5, 0.6) is 0 Å². The van der Waals surface area contributed by atoms with Crippen LogP contribution in [0.2, 0.25) is 0 Å². The lowest BCUT2D eigenvalue weighted by Crippen LogP contribution is -2.17. The topological polar surface area (TPSA) is 75.3 Å². The molecule has 0 aliphatic heterocycles. The number of hydrogen-bond donors (Lipinski definition) is 2. The van der Waals surface area contributed by atoms with E-state index in [1.54, 1.807) is 43.3 Å². The Morgan fingerprint density at radius 3 is 2.29 bits per heavy atom. The number of aryl methyl sites for hydroxylation is 3. The molecule has 0 bridgehead atoms. The number of sulfonamides is 1. The summed E-state index contributed by atoms with van der Waals surface area (Å²) in [4.78, 5) is 12.7. The lowest BCUT2D eigenvalue weighted by Gasteiger charge is -2.13. The van der Waals surface area contributed by atoms with Crippen LogP contribution in [0.3, 0.4) is 0 Å². The molecule has 0 aliphatic carbocycles. The zero-order valence-corrected chi connectivity index (χ0v) is 16.8. The van der Waals surface area contributed by atoms with Gasteiger partial charge in [-0.1, -0.05) is 36.4 Å². The van der Waals surface area contributed by atoms with Crippen LogP contribution in [0.4, 0.5) is 11.4 Å². The molecule has 0 saturated carbocycles. The second kappa shape index (κ2) is 7.86. The number of anilines is 2. The third-order valence-corrected chi connectivity index (χ3v) is 5.93. The first-order valence-electron chi connectivity index (χ1n) is 8.83. The number of para-hydroxylation sites is 1. The van der Waals surface area contributed by atoms with Crippen LogP contribution in [0.1, 0.15) is 27.0 Å². The monoisotopic (exact) mass is 394 g/mol. The van der Waals surface area contributed by atoms with E-state index in [2.05, 4.69) is 10.0 Å². The highest BCUT2D eigenvalue weighted by atomic mass is 32.2. The third-order valence-electron chi connectivity index (χ3n) is 4.40. The largest absolute Gasteiger partial charge is 0.322 e. The summed E-state index contributed by atoms with van der Waals surface area (Å²) in [5.74, 6) is -0.360. The maximum atomic E-state index is 12.9. The lowest BCUT2D eigenvalue weighted by atomic mass is 10.1. The molecule has 6 heteroatoms. The third kappa shape index (κ3) is 4.40. The standard InChI is InChI=1S/C22H22N2O3S/c1-15-7-6-9-19(13-15)24-28(26,27)21-14-18(12-11-17(21)3)22(25)23-20-10-5-4-8-16(20)2/h4-14,24H,1-3H3,(H,23,25). The fourth-order valence-corrected chi connectivity index (χ4v) is 4.18. The van der Waals surface area contributed by atoms with E-state index < -0.39 is 10.0 Å². The maximum Gasteiger partial charge on any atom is 0.262 e. The maximum absolute atomic E-state index is 12.9. The Balaban J connectivity index is 1.90. The van der Waals surface area contributed by atoms with Gasteiger partial charge in [0.05, 0.1) is 4.90 Å². The Kier molecular flexibility index (Phi) is 5.51. The van der Waals surface area contributed by atoms with E-state index in [1.165, 1.54) is 6.07 Å². The SMILES string of the molecule is Cc1cccc(NS(=O)(=O)c2cc(C(=O)Nc3ccccc3C)ccc2C)c1. The highest BCUT2D eigenvalue weighted by Gasteiger charge is 2.19. The van der Waals surface area contributed by atoms with E-state index in [4.69, 9.17) is 0 Å². The van der Waals surface area contributed by atoms with Gasteiger partial charge in [-0.25, -0.2) is 8.42 Å². The van der Waals surface area contributed by atoms with Crippen molar-refractivity contribution in [3.63, 3.8) is 0 Å². The molecule has 0 aliphatic rings. The molecule has 1 amide bonds. The molecule has 5 nitrogen and oxygen atoms in total. The second-order valence-electron chi connectivity index (χ2n) is 6.72. The van der Waals surface area contributed by atoms with Gasteiger partial charge in [-0.15, -0.1) is 0 Å². The van der Waals surface area contributed by atoms with Crippen LogP contribution in [0.25, 0.3) is 0 Å². The molecule has 0 aromatic heterocycles. The Morgan fingerprint density at radius 2 is 1.57 bits per heavy atom. The highest BCUT2D eigenvalue weighted by molar-refractivity contribution is 7.92. The van der Waals surface area contributed by atoms with Gasteiger partial charge in [0.2, 0.25) is 0 Å². The van der Waals surface area contributed by atoms with E-state index >= 15 is 0 Å². The van der Waals surface area contributed by atoms with Crippen LogP contribution in [-0.4, -0.2) is 14.3 Å². The van der Waals surface area contributed by atoms with Gasteiger partial charge < -0.3 is 5.32 Å². The van der Waals surface area contributed by atoms with Gasteiger partial charge in [-0.05, 0) is 67.8 Å². The Hall–Kier alpha value is -3.12. The number of amides is 1. The second-order valence-corrected chi connectivity index (χ2v) is 8.38. The van der Waals surface area contributed by atoms with Gasteiger partial charge in [-0.3, -0.25) is 9.52 Å². The molecule has 0 spiro atoms. The van der Waals surface area contributed by atoms with E-state index in [-0.39, 0.29) is 16.4 Å². The first-order valence-corrected chi connectivity index (χ1v) is 10.3. The molecule has 0 atom stereocenters. The number of carbonyl (C=O) groups excluding carboxylic acids is 1. The quantitative estimate of drug-likeness (QED) is 0.661. The number of rotatable bonds is 5. The number of nitrogens with one attached hydrogen (secondary N) is 2. The van der Waals surface area contributed by atoms with Crippen LogP contribution in [-0.2, 0) is 10.0 Å². The average Bonchev–Trinajstić information content (AvgIpc) is 2.63. The lowest BCUT2D eigenvalue weighted by molar-refractivity contribution is 0.102. The molecule has 0 unspecified atom stereocenters. The molecule has 0 saturated heterocycles. The first kappa shape index (κ1) is 19.6. The van der Waals surface area contributed by atoms with Gasteiger partial charge in [0.25, 0.3) is 15.9 Å². The Labute approximate surface area is 165 Å². The van der Waals surface area contributed by atoms with Crippen molar-refractivity contribution in [1.82, 2.24) is 0 Å². The average molecular weight is 394 g/mol. The molecule has 2 N–H and O–H groups in total. The zero-order valence-electron chi connectivity index (χ0n) is 16.0. The van der Waals surface area contributed by atoms with Crippen molar-refractivity contribution in [3.05, 3.63) is 89.0 Å². The Bertz CT molecular complexity index is 1140. The number of benzene rings is 3. The summed E-state index contributed by atoms with van der Waals surface area (Å²) in [6, 6.07) is 19.2. The van der Waals surface area contributed by atoms with Gasteiger partial charge in [0.15, 0.2) is 0 Å². The molecule has 28 heavy (non-hydrogen) atoms. The minimum atomic E-state index is -3.83. The van der Waals surface area contributed by atoms with E-state index in [9.17, 15) is 13.2 Å². The molecule has 0 heterocycles. The summed E-state index contributed by atoms with van der Waals surface area (Å²) in [7, 11) is -3.83. The zero-order chi connectivity index (χ0) is 20.3. The fraction of sp³-hybridized carbons (Fsp3) is 0.136. The summed E-state index contributed by atoms with van der Waals surface area (Å²) >= 11 is 0. The molecule has 0 fully saturated rings. The van der Waals surface area contributed by atoms with E-state index in [1.807, 2.05) is 38.1 Å². The van der Waals surface area contributed by atoms with Crippen molar-refractivity contribution < 1.29 is 13.2 Å². The predicted octanol–water partition coefficient (Wildman–Crippen LogP) is 4.66. The number of hydrogen-bond acceptors (Lipinski definition) is 3. The Morgan fingerprint density at radius 1 is 0.821 bits per heavy atom. The van der Waals surface area contributed by atoms with E-state index in [0.717, 1.165) is 11.1 Å². The van der Waals surface area contributed by atoms with Crippen molar-refractivity contribution in [1.29, 1.82) is 0 Å². The molecular formula is C22H22N2O3S. The first-order chi connectivity index (χ1) is 13.3. The van der Waals surface area contributed by atoms with Crippen LogP contribution < -0.4 is 10.0 Å². The van der Waals surface area contributed by atoms with E-state index in [0.29, 0.717) is 16.9 Å². The van der Waals surface area contributed by atoms with Crippen molar-refractivity contribution in [2.45, 2.75) is 25.7 Å². The number of carbonyl (C=O) groups is 1. The van der Waals surface area contributed by atoms with Crippen molar-refractivity contribution in [3.8, 4) is 0 Å². The van der Waals surface area contributed by atoms with Crippen molar-refractivity contribution >= 4 is 27.3 Å². The molecule has 3 aromatic rings. The summed E-state index contributed by atoms with van der Waals surface area (Å²) < 4.78 is 28.3. The summed E-state index contributed by atoms with van der Waals surface area (Å²) in [6.07, 6.45) is 0. The molecule has 3 aromatic carbocycles. The van der Waals surface area contributed by atoms with Gasteiger partial charge in [0, 0.05) is 16.9 Å². The van der Waals surface area contributed by atoms with Crippen LogP contribution in [0, 0.1) is 20.8 Å². The normalized spacial score (nSPS) is 11.1. The minimum Gasteiger partial charge on any atom is -0.322 e. The molecule has 0 radical (unpaired) electrons. The molecular weight excluding hydrogens is 372 g/mol. The molecule has 144 valence electrons. The van der Waals surface area contributed by atoms with Crippen LogP contribution in [0.15, 0.2) is 71.6 Å². The summed E-state index contributed by atoms with van der Waals surface area (Å²) in [5, 5.41) is 2.83.